The number of esters is 1. The van der Waals surface area contributed by atoms with Gasteiger partial charge in [0.2, 0.25) is 0 Å². The molecule has 0 saturated heterocycles. The number of carbonyl (C=O) groups excluding carboxylic acids is 1. The third-order valence-corrected chi connectivity index (χ3v) is 2.72. The molecule has 0 amide bonds. The van der Waals surface area contributed by atoms with Gasteiger partial charge in [-0.15, -0.1) is 0 Å². The van der Waals surface area contributed by atoms with E-state index in [-0.39, 0.29) is 5.97 Å². The molecule has 0 spiro atoms. The predicted octanol–water partition coefficient (Wildman–Crippen LogP) is 3.11. The smallest absolute Gasteiger partial charge is 0.348 e. The quantitative estimate of drug-likeness (QED) is 0.730. The van der Waals surface area contributed by atoms with Gasteiger partial charge < -0.3 is 4.74 Å². The van der Waals surface area contributed by atoms with Gasteiger partial charge in [0.1, 0.15) is 5.57 Å². The number of carbonyl (C=O) groups is 1. The Morgan fingerprint density at radius 2 is 1.24 bits per heavy atom. The lowest BCUT2D eigenvalue weighted by atomic mass is 9.97. The molecule has 82 valence electrons. The summed E-state index contributed by atoms with van der Waals surface area (Å²) in [5, 5.41) is 0. The summed E-state index contributed by atoms with van der Waals surface area (Å²) in [4.78, 5) is 11.5. The Hall–Kier alpha value is -2.35. The fourth-order valence-electron chi connectivity index (χ4n) is 1.89. The van der Waals surface area contributed by atoms with Gasteiger partial charge in [0.15, 0.2) is 5.76 Å². The van der Waals surface area contributed by atoms with E-state index >= 15 is 0 Å². The zero-order valence-electron chi connectivity index (χ0n) is 9.09. The van der Waals surface area contributed by atoms with Crippen LogP contribution in [0, 0.1) is 0 Å². The van der Waals surface area contributed by atoms with Crippen LogP contribution in [0.3, 0.4) is 0 Å². The second-order valence-electron chi connectivity index (χ2n) is 3.83. The fraction of sp³-hybridized carbons (Fsp3) is 0. The summed E-state index contributed by atoms with van der Waals surface area (Å²) in [5.41, 5.74) is 2.50. The van der Waals surface area contributed by atoms with Crippen LogP contribution in [-0.4, -0.2) is 5.97 Å². The summed E-state index contributed by atoms with van der Waals surface area (Å²) in [7, 11) is 0. The van der Waals surface area contributed by atoms with Crippen LogP contribution in [0.1, 0.15) is 11.1 Å². The molecule has 0 fully saturated rings. The van der Waals surface area contributed by atoms with Gasteiger partial charge in [0, 0.05) is 5.56 Å². The Morgan fingerprint density at radius 3 is 1.76 bits per heavy atom. The molecule has 1 heterocycles. The number of benzene rings is 2. The van der Waals surface area contributed by atoms with E-state index in [1.165, 1.54) is 0 Å². The third-order valence-electron chi connectivity index (χ3n) is 2.72. The van der Waals surface area contributed by atoms with E-state index < -0.39 is 0 Å². The maximum atomic E-state index is 11.5. The molecule has 3 rings (SSSR count). The lowest BCUT2D eigenvalue weighted by Crippen LogP contribution is -2.19. The molecule has 0 aromatic heterocycles. The number of hydrogen-bond acceptors (Lipinski definition) is 2. The number of cyclic esters (lactones) is 1. The highest BCUT2D eigenvalue weighted by Crippen LogP contribution is 2.36. The van der Waals surface area contributed by atoms with E-state index in [0.29, 0.717) is 11.3 Å². The van der Waals surface area contributed by atoms with Gasteiger partial charge in [-0.3, -0.25) is 0 Å². The van der Waals surface area contributed by atoms with Crippen LogP contribution >= 0.6 is 0 Å². The minimum absolute atomic E-state index is 0.255. The fourth-order valence-corrected chi connectivity index (χ4v) is 1.89. The summed E-state index contributed by atoms with van der Waals surface area (Å²) in [6.45, 7) is 0. The number of ether oxygens (including phenoxy) is 1. The molecular formula is C15H10O2. The average Bonchev–Trinajstić information content (AvgIpc) is 2.38. The van der Waals surface area contributed by atoms with Gasteiger partial charge in [-0.1, -0.05) is 60.7 Å². The zero-order chi connectivity index (χ0) is 11.7. The van der Waals surface area contributed by atoms with Crippen LogP contribution in [0.2, 0.25) is 0 Å². The molecule has 0 bridgehead atoms. The van der Waals surface area contributed by atoms with Crippen molar-refractivity contribution in [3.8, 4) is 0 Å². The highest BCUT2D eigenvalue weighted by atomic mass is 16.6. The van der Waals surface area contributed by atoms with Crippen LogP contribution in [0.4, 0.5) is 0 Å². The molecule has 1 aliphatic heterocycles. The maximum absolute atomic E-state index is 11.5. The first-order valence-electron chi connectivity index (χ1n) is 5.43. The molecule has 0 aliphatic carbocycles. The second-order valence-corrected chi connectivity index (χ2v) is 3.83. The van der Waals surface area contributed by atoms with Crippen molar-refractivity contribution >= 4 is 17.3 Å². The van der Waals surface area contributed by atoms with Crippen molar-refractivity contribution in [2.75, 3.05) is 0 Å². The minimum Gasteiger partial charge on any atom is -0.421 e. The van der Waals surface area contributed by atoms with Crippen molar-refractivity contribution in [2.24, 2.45) is 0 Å². The van der Waals surface area contributed by atoms with Gasteiger partial charge in [-0.05, 0) is 5.56 Å². The van der Waals surface area contributed by atoms with Gasteiger partial charge in [0.25, 0.3) is 0 Å². The third kappa shape index (κ3) is 1.64. The molecule has 2 aromatic rings. The van der Waals surface area contributed by atoms with Crippen LogP contribution in [0.5, 0.6) is 0 Å². The maximum Gasteiger partial charge on any atom is 0.348 e. The largest absolute Gasteiger partial charge is 0.421 e. The van der Waals surface area contributed by atoms with Gasteiger partial charge in [-0.25, -0.2) is 4.79 Å². The van der Waals surface area contributed by atoms with Crippen LogP contribution in [0.15, 0.2) is 60.7 Å². The van der Waals surface area contributed by atoms with E-state index in [0.717, 1.165) is 11.1 Å². The van der Waals surface area contributed by atoms with E-state index in [2.05, 4.69) is 0 Å². The Kier molecular flexibility index (Phi) is 2.26. The molecule has 0 saturated carbocycles. The molecule has 2 nitrogen and oxygen atoms in total. The standard InChI is InChI=1S/C15H10O2/c16-15-13(11-7-3-1-4-8-11)14(17-15)12-9-5-2-6-10-12/h1-10H. The highest BCUT2D eigenvalue weighted by molar-refractivity contribution is 6.31. The van der Waals surface area contributed by atoms with E-state index in [4.69, 9.17) is 4.74 Å². The second kappa shape index (κ2) is 3.91. The summed E-state index contributed by atoms with van der Waals surface area (Å²) in [5.74, 6) is 0.414. The van der Waals surface area contributed by atoms with E-state index in [1.807, 2.05) is 60.7 Å². The lowest BCUT2D eigenvalue weighted by Gasteiger charge is -2.22. The molecule has 0 N–H and O–H groups in total. The molecular weight excluding hydrogens is 212 g/mol. The molecule has 17 heavy (non-hydrogen) atoms. The van der Waals surface area contributed by atoms with E-state index in [1.54, 1.807) is 0 Å². The van der Waals surface area contributed by atoms with Crippen molar-refractivity contribution in [1.29, 1.82) is 0 Å². The van der Waals surface area contributed by atoms with Crippen molar-refractivity contribution in [3.63, 3.8) is 0 Å². The average molecular weight is 222 g/mol. The Balaban J connectivity index is 2.11. The lowest BCUT2D eigenvalue weighted by molar-refractivity contribution is -0.132. The molecule has 2 heteroatoms. The molecule has 2 aromatic carbocycles. The number of hydrogen-bond donors (Lipinski definition) is 0. The number of rotatable bonds is 2. The van der Waals surface area contributed by atoms with E-state index in [9.17, 15) is 4.79 Å². The zero-order valence-corrected chi connectivity index (χ0v) is 9.09. The molecule has 0 atom stereocenters. The van der Waals surface area contributed by atoms with Gasteiger partial charge in [0.05, 0.1) is 0 Å². The highest BCUT2D eigenvalue weighted by Gasteiger charge is 2.31. The normalized spacial score (nSPS) is 14.2. The summed E-state index contributed by atoms with van der Waals surface area (Å²) < 4.78 is 5.13. The SMILES string of the molecule is O=C1OC(c2ccccc2)=C1c1ccccc1. The van der Waals surface area contributed by atoms with Gasteiger partial charge >= 0.3 is 5.97 Å². The topological polar surface area (TPSA) is 26.3 Å². The Morgan fingerprint density at radius 1 is 0.706 bits per heavy atom. The van der Waals surface area contributed by atoms with Crippen LogP contribution in [0.25, 0.3) is 11.3 Å². The van der Waals surface area contributed by atoms with Crippen LogP contribution in [-0.2, 0) is 9.53 Å². The summed E-state index contributed by atoms with van der Waals surface area (Å²) in [6, 6.07) is 19.2. The first-order chi connectivity index (χ1) is 8.36. The summed E-state index contributed by atoms with van der Waals surface area (Å²) in [6.07, 6.45) is 0. The van der Waals surface area contributed by atoms with Crippen molar-refractivity contribution in [2.45, 2.75) is 0 Å². The Bertz CT molecular complexity index is 583. The van der Waals surface area contributed by atoms with Crippen molar-refractivity contribution in [1.82, 2.24) is 0 Å². The monoisotopic (exact) mass is 222 g/mol. The van der Waals surface area contributed by atoms with Gasteiger partial charge in [-0.2, -0.15) is 0 Å². The Labute approximate surface area is 99.2 Å². The first-order valence-corrected chi connectivity index (χ1v) is 5.43. The van der Waals surface area contributed by atoms with Crippen molar-refractivity contribution in [3.05, 3.63) is 71.8 Å². The molecule has 0 radical (unpaired) electrons. The molecule has 0 unspecified atom stereocenters. The predicted molar refractivity (Wildman–Crippen MR) is 65.8 cm³/mol. The first kappa shape index (κ1) is 9.85. The van der Waals surface area contributed by atoms with Crippen LogP contribution < -0.4 is 0 Å². The summed E-state index contributed by atoms with van der Waals surface area (Å²) >= 11 is 0. The van der Waals surface area contributed by atoms with Crippen molar-refractivity contribution < 1.29 is 9.53 Å². The minimum atomic E-state index is -0.255. The molecule has 1 aliphatic rings.